The van der Waals surface area contributed by atoms with Gasteiger partial charge in [0.15, 0.2) is 5.76 Å². The number of aliphatic carboxylic acids is 1. The zero-order valence-electron chi connectivity index (χ0n) is 19.8. The fourth-order valence-corrected chi connectivity index (χ4v) is 3.96. The first kappa shape index (κ1) is 25.0. The van der Waals surface area contributed by atoms with Crippen molar-refractivity contribution in [2.24, 2.45) is 0 Å². The highest BCUT2D eigenvalue weighted by atomic mass is 35.5. The van der Waals surface area contributed by atoms with E-state index in [-0.39, 0.29) is 6.61 Å². The molecule has 0 bridgehead atoms. The van der Waals surface area contributed by atoms with Crippen LogP contribution < -0.4 is 5.32 Å². The number of halogens is 1. The minimum atomic E-state index is -0.858. The van der Waals surface area contributed by atoms with Crippen molar-refractivity contribution >= 4 is 29.4 Å². The number of aryl methyl sites for hydroxylation is 1. The number of carboxylic acids is 1. The quantitative estimate of drug-likeness (QED) is 0.269. The number of nitrogens with zero attached hydrogens (tertiary/aromatic N) is 1. The van der Waals surface area contributed by atoms with Crippen molar-refractivity contribution in [3.8, 4) is 22.5 Å². The summed E-state index contributed by atoms with van der Waals surface area (Å²) in [5, 5.41) is 16.5. The maximum atomic E-state index is 12.4. The molecule has 0 radical (unpaired) electrons. The molecule has 0 aliphatic carbocycles. The van der Waals surface area contributed by atoms with E-state index in [4.69, 9.17) is 20.9 Å². The van der Waals surface area contributed by atoms with Gasteiger partial charge in [-0.15, -0.1) is 0 Å². The summed E-state index contributed by atoms with van der Waals surface area (Å²) in [6.07, 6.45) is -0.109. The fourth-order valence-electron chi connectivity index (χ4n) is 3.73. The van der Waals surface area contributed by atoms with Gasteiger partial charge in [-0.05, 0) is 42.2 Å². The Bertz CT molecular complexity index is 1360. The molecule has 0 aliphatic rings. The molecule has 8 heteroatoms. The molecule has 0 spiro atoms. The summed E-state index contributed by atoms with van der Waals surface area (Å²) in [7, 11) is 0. The van der Waals surface area contributed by atoms with E-state index in [0.717, 1.165) is 27.8 Å². The molecule has 0 saturated carbocycles. The van der Waals surface area contributed by atoms with E-state index in [1.54, 1.807) is 19.9 Å². The first-order valence-electron chi connectivity index (χ1n) is 11.4. The van der Waals surface area contributed by atoms with E-state index in [9.17, 15) is 14.7 Å². The number of hydrogen-bond donors (Lipinski definition) is 2. The minimum Gasteiger partial charge on any atom is -0.481 e. The lowest BCUT2D eigenvalue weighted by atomic mass is 9.97. The van der Waals surface area contributed by atoms with Crippen molar-refractivity contribution in [3.05, 3.63) is 94.6 Å². The van der Waals surface area contributed by atoms with Crippen LogP contribution in [0.5, 0.6) is 0 Å². The predicted octanol–water partition coefficient (Wildman–Crippen LogP) is 6.95. The molecule has 0 unspecified atom stereocenters. The molecule has 1 heterocycles. The number of anilines is 1. The Labute approximate surface area is 213 Å². The zero-order chi connectivity index (χ0) is 25.7. The summed E-state index contributed by atoms with van der Waals surface area (Å²) >= 11 is 6.15. The maximum absolute atomic E-state index is 12.4. The van der Waals surface area contributed by atoms with E-state index in [1.165, 1.54) is 0 Å². The molecule has 0 aliphatic heterocycles. The van der Waals surface area contributed by atoms with Crippen LogP contribution in [0.4, 0.5) is 10.5 Å². The third kappa shape index (κ3) is 5.75. The van der Waals surface area contributed by atoms with Gasteiger partial charge in [-0.3, -0.25) is 10.1 Å². The van der Waals surface area contributed by atoms with Gasteiger partial charge in [-0.2, -0.15) is 0 Å². The average molecular weight is 505 g/mol. The van der Waals surface area contributed by atoms with Crippen molar-refractivity contribution in [1.29, 1.82) is 0 Å². The third-order valence-electron chi connectivity index (χ3n) is 5.91. The molecule has 184 valence electrons. The van der Waals surface area contributed by atoms with Gasteiger partial charge in [-0.25, -0.2) is 4.79 Å². The van der Waals surface area contributed by atoms with Crippen LogP contribution in [0.2, 0.25) is 5.02 Å². The van der Waals surface area contributed by atoms with E-state index in [0.29, 0.717) is 28.6 Å². The Morgan fingerprint density at radius 2 is 1.61 bits per heavy atom. The Morgan fingerprint density at radius 3 is 2.25 bits per heavy atom. The summed E-state index contributed by atoms with van der Waals surface area (Å²) in [5.74, 6) is -0.999. The molecule has 4 aromatic rings. The van der Waals surface area contributed by atoms with E-state index in [1.807, 2.05) is 66.7 Å². The van der Waals surface area contributed by atoms with Crippen molar-refractivity contribution in [2.45, 2.75) is 26.2 Å². The third-order valence-corrected chi connectivity index (χ3v) is 6.28. The maximum Gasteiger partial charge on any atom is 0.411 e. The number of benzene rings is 3. The lowest BCUT2D eigenvalue weighted by Crippen LogP contribution is -2.16. The molecule has 1 atom stereocenters. The van der Waals surface area contributed by atoms with Crippen LogP contribution in [0.3, 0.4) is 0 Å². The number of ether oxygens (including phenoxy) is 1. The lowest BCUT2D eigenvalue weighted by molar-refractivity contribution is -0.138. The van der Waals surface area contributed by atoms with Crippen molar-refractivity contribution < 1.29 is 24.0 Å². The van der Waals surface area contributed by atoms with Gasteiger partial charge in [0, 0.05) is 17.0 Å². The molecule has 36 heavy (non-hydrogen) atoms. The summed E-state index contributed by atoms with van der Waals surface area (Å²) in [5.41, 5.74) is 5.27. The second-order valence-electron chi connectivity index (χ2n) is 8.33. The highest BCUT2D eigenvalue weighted by Gasteiger charge is 2.18. The summed E-state index contributed by atoms with van der Waals surface area (Å²) in [6, 6.07) is 22.4. The second kappa shape index (κ2) is 11.1. The van der Waals surface area contributed by atoms with Crippen molar-refractivity contribution in [2.75, 3.05) is 11.9 Å². The number of amides is 1. The Morgan fingerprint density at radius 1 is 1.00 bits per heavy atom. The predicted molar refractivity (Wildman–Crippen MR) is 138 cm³/mol. The van der Waals surface area contributed by atoms with Gasteiger partial charge in [0.25, 0.3) is 0 Å². The Balaban J connectivity index is 1.42. The highest BCUT2D eigenvalue weighted by molar-refractivity contribution is 6.31. The molecule has 1 amide bonds. The molecule has 3 aromatic carbocycles. The van der Waals surface area contributed by atoms with E-state index in [2.05, 4.69) is 10.5 Å². The van der Waals surface area contributed by atoms with Gasteiger partial charge in [-0.1, -0.05) is 83.5 Å². The van der Waals surface area contributed by atoms with Crippen LogP contribution in [0, 0.1) is 6.92 Å². The van der Waals surface area contributed by atoms with Crippen LogP contribution in [0.1, 0.15) is 29.7 Å². The highest BCUT2D eigenvalue weighted by Crippen LogP contribution is 2.33. The van der Waals surface area contributed by atoms with Gasteiger partial charge in [0.2, 0.25) is 0 Å². The van der Waals surface area contributed by atoms with Crippen LogP contribution in [-0.2, 0) is 16.0 Å². The zero-order valence-corrected chi connectivity index (χ0v) is 20.6. The molecular formula is C28H25ClN2O5. The monoisotopic (exact) mass is 504 g/mol. The number of carbonyl (C=O) groups excluding carboxylic acids is 1. The van der Waals surface area contributed by atoms with Crippen LogP contribution in [0.25, 0.3) is 22.5 Å². The van der Waals surface area contributed by atoms with Crippen LogP contribution in [-0.4, -0.2) is 28.9 Å². The van der Waals surface area contributed by atoms with Gasteiger partial charge < -0.3 is 14.4 Å². The normalized spacial score (nSPS) is 11.6. The Hall–Kier alpha value is -4.10. The number of hydrogen-bond acceptors (Lipinski definition) is 5. The van der Waals surface area contributed by atoms with E-state index < -0.39 is 18.0 Å². The molecule has 0 saturated heterocycles. The summed E-state index contributed by atoms with van der Waals surface area (Å²) < 4.78 is 10.8. The number of carbonyl (C=O) groups is 2. The van der Waals surface area contributed by atoms with Crippen molar-refractivity contribution in [1.82, 2.24) is 5.16 Å². The average Bonchev–Trinajstić information content (AvgIpc) is 3.24. The molecule has 2 N–H and O–H groups in total. The lowest BCUT2D eigenvalue weighted by Gasteiger charge is -2.09. The van der Waals surface area contributed by atoms with Crippen LogP contribution >= 0.6 is 11.6 Å². The number of nitrogens with one attached hydrogen (secondary N) is 1. The van der Waals surface area contributed by atoms with Crippen molar-refractivity contribution in [3.63, 3.8) is 0 Å². The van der Waals surface area contributed by atoms with Gasteiger partial charge in [0.1, 0.15) is 11.4 Å². The first-order valence-corrected chi connectivity index (χ1v) is 11.8. The fraction of sp³-hybridized carbons (Fsp3) is 0.179. The molecule has 4 rings (SSSR count). The van der Waals surface area contributed by atoms with Crippen LogP contribution in [0.15, 0.2) is 77.3 Å². The SMILES string of the molecule is Cc1noc(-c2ccc(-c3ccc([C@@H](C)C(=O)O)cc3)cc2)c1NC(=O)OCCc1ccccc1Cl. The molecule has 0 fully saturated rings. The summed E-state index contributed by atoms with van der Waals surface area (Å²) in [6.45, 7) is 3.57. The molecular weight excluding hydrogens is 480 g/mol. The largest absolute Gasteiger partial charge is 0.481 e. The topological polar surface area (TPSA) is 102 Å². The smallest absolute Gasteiger partial charge is 0.411 e. The van der Waals surface area contributed by atoms with Gasteiger partial charge in [0.05, 0.1) is 12.5 Å². The van der Waals surface area contributed by atoms with E-state index >= 15 is 0 Å². The first-order chi connectivity index (χ1) is 17.3. The Kier molecular flexibility index (Phi) is 7.71. The number of rotatable bonds is 8. The molecule has 7 nitrogen and oxygen atoms in total. The second-order valence-corrected chi connectivity index (χ2v) is 8.74. The molecule has 1 aromatic heterocycles. The summed E-state index contributed by atoms with van der Waals surface area (Å²) in [4.78, 5) is 23.6. The van der Waals surface area contributed by atoms with Gasteiger partial charge >= 0.3 is 12.1 Å². The standard InChI is InChI=1S/C28H25ClN2O5/c1-17(27(32)33)19-7-9-20(10-8-19)21-11-13-23(14-12-21)26-25(18(2)31-36-26)30-28(34)35-16-15-22-5-3-4-6-24(22)29/h3-14,17H,15-16H2,1-2H3,(H,30,34)(H,32,33)/t17-/m1/s1. The minimum absolute atomic E-state index is 0.175. The number of aromatic nitrogens is 1. The number of carboxylic acid groups (broad SMARTS) is 1.